The fraction of sp³-hybridized carbons (Fsp3) is 1.00. The lowest BCUT2D eigenvalue weighted by Gasteiger charge is -2.36. The van der Waals surface area contributed by atoms with Crippen molar-refractivity contribution in [2.45, 2.75) is 51.5 Å². The molecule has 3 heteroatoms. The molecule has 0 saturated carbocycles. The summed E-state index contributed by atoms with van der Waals surface area (Å²) in [5.41, 5.74) is 0. The summed E-state index contributed by atoms with van der Waals surface area (Å²) in [5.74, 6) is 0. The topological polar surface area (TPSA) is 18.5 Å². The van der Waals surface area contributed by atoms with E-state index in [1.165, 1.54) is 84.3 Å². The van der Waals surface area contributed by atoms with Crippen LogP contribution in [0, 0.1) is 0 Å². The molecule has 0 radical (unpaired) electrons. The van der Waals surface area contributed by atoms with E-state index in [9.17, 15) is 0 Å². The molecule has 2 rings (SSSR count). The number of nitrogens with one attached hydrogen (secondary N) is 1. The highest BCUT2D eigenvalue weighted by Gasteiger charge is 2.22. The molecule has 0 aromatic heterocycles. The Labute approximate surface area is 113 Å². The van der Waals surface area contributed by atoms with E-state index in [-0.39, 0.29) is 0 Å². The first kappa shape index (κ1) is 14.3. The van der Waals surface area contributed by atoms with E-state index >= 15 is 0 Å². The van der Waals surface area contributed by atoms with Crippen molar-refractivity contribution < 1.29 is 0 Å². The zero-order valence-electron chi connectivity index (χ0n) is 12.2. The van der Waals surface area contributed by atoms with Crippen molar-refractivity contribution in [3.63, 3.8) is 0 Å². The molecule has 18 heavy (non-hydrogen) atoms. The first-order chi connectivity index (χ1) is 8.90. The highest BCUT2D eigenvalue weighted by molar-refractivity contribution is 4.80. The van der Waals surface area contributed by atoms with Gasteiger partial charge in [0, 0.05) is 25.7 Å². The van der Waals surface area contributed by atoms with Crippen molar-refractivity contribution in [2.75, 3.05) is 45.8 Å². The van der Waals surface area contributed by atoms with Crippen molar-refractivity contribution in [3.8, 4) is 0 Å². The van der Waals surface area contributed by atoms with Crippen molar-refractivity contribution in [2.24, 2.45) is 0 Å². The summed E-state index contributed by atoms with van der Waals surface area (Å²) in [4.78, 5) is 5.38. The Morgan fingerprint density at radius 3 is 2.56 bits per heavy atom. The number of hydrogen-bond acceptors (Lipinski definition) is 3. The van der Waals surface area contributed by atoms with E-state index < -0.39 is 0 Å². The molecule has 0 bridgehead atoms. The van der Waals surface area contributed by atoms with Gasteiger partial charge in [0.05, 0.1) is 0 Å². The Kier molecular flexibility index (Phi) is 6.46. The third-order valence-electron chi connectivity index (χ3n) is 4.46. The fourth-order valence-corrected chi connectivity index (χ4v) is 3.31. The lowest BCUT2D eigenvalue weighted by molar-refractivity contribution is 0.129. The molecule has 1 unspecified atom stereocenters. The molecule has 0 aliphatic carbocycles. The van der Waals surface area contributed by atoms with E-state index in [1.807, 2.05) is 0 Å². The van der Waals surface area contributed by atoms with Gasteiger partial charge in [-0.1, -0.05) is 13.3 Å². The molecule has 3 nitrogen and oxygen atoms in total. The second kappa shape index (κ2) is 8.13. The van der Waals surface area contributed by atoms with Crippen LogP contribution >= 0.6 is 0 Å². The van der Waals surface area contributed by atoms with Crippen LogP contribution in [0.2, 0.25) is 0 Å². The van der Waals surface area contributed by atoms with Crippen LogP contribution in [0.25, 0.3) is 0 Å². The molecule has 0 amide bonds. The van der Waals surface area contributed by atoms with E-state index in [0.717, 1.165) is 6.04 Å². The normalized spacial score (nSPS) is 26.8. The Hall–Kier alpha value is -0.120. The number of nitrogens with zero attached hydrogens (tertiary/aromatic N) is 2. The first-order valence-corrected chi connectivity index (χ1v) is 8.07. The average molecular weight is 253 g/mol. The predicted molar refractivity (Wildman–Crippen MR) is 78.0 cm³/mol. The number of hydrogen-bond donors (Lipinski definition) is 1. The summed E-state index contributed by atoms with van der Waals surface area (Å²) in [6.07, 6.45) is 8.32. The number of piperidine rings is 1. The van der Waals surface area contributed by atoms with E-state index in [1.54, 1.807) is 0 Å². The Morgan fingerprint density at radius 2 is 1.78 bits per heavy atom. The molecule has 1 atom stereocenters. The van der Waals surface area contributed by atoms with Crippen molar-refractivity contribution in [1.82, 2.24) is 15.1 Å². The molecule has 0 aromatic rings. The van der Waals surface area contributed by atoms with Crippen LogP contribution in [0.1, 0.15) is 45.4 Å². The molecule has 106 valence electrons. The predicted octanol–water partition coefficient (Wildman–Crippen LogP) is 1.94. The standard InChI is InChI=1S/C15H31N3/c1-2-8-16-14-15-7-3-4-11-18(15)13-12-17-9-5-6-10-17/h15-16H,2-14H2,1H3. The molecule has 0 spiro atoms. The number of likely N-dealkylation sites (tertiary alicyclic amines) is 2. The van der Waals surface area contributed by atoms with Gasteiger partial charge in [0.2, 0.25) is 0 Å². The maximum atomic E-state index is 3.61. The van der Waals surface area contributed by atoms with Crippen LogP contribution in [0.4, 0.5) is 0 Å². The van der Waals surface area contributed by atoms with Gasteiger partial charge in [0.15, 0.2) is 0 Å². The van der Waals surface area contributed by atoms with Gasteiger partial charge < -0.3 is 10.2 Å². The van der Waals surface area contributed by atoms with Gasteiger partial charge in [0.25, 0.3) is 0 Å². The largest absolute Gasteiger partial charge is 0.315 e. The van der Waals surface area contributed by atoms with Crippen molar-refractivity contribution in [3.05, 3.63) is 0 Å². The Balaban J connectivity index is 1.68. The van der Waals surface area contributed by atoms with Crippen LogP contribution < -0.4 is 5.32 Å². The summed E-state index contributed by atoms with van der Waals surface area (Å²) < 4.78 is 0. The SMILES string of the molecule is CCCNCC1CCCCN1CCN1CCCC1. The Morgan fingerprint density at radius 1 is 1.00 bits per heavy atom. The lowest BCUT2D eigenvalue weighted by atomic mass is 10.0. The molecule has 2 fully saturated rings. The summed E-state index contributed by atoms with van der Waals surface area (Å²) in [7, 11) is 0. The maximum Gasteiger partial charge on any atom is 0.0221 e. The van der Waals surface area contributed by atoms with Gasteiger partial charge in [-0.15, -0.1) is 0 Å². The zero-order valence-corrected chi connectivity index (χ0v) is 12.2. The second-order valence-corrected chi connectivity index (χ2v) is 5.94. The summed E-state index contributed by atoms with van der Waals surface area (Å²) in [6.45, 7) is 11.2. The van der Waals surface area contributed by atoms with Crippen LogP contribution in [0.5, 0.6) is 0 Å². The van der Waals surface area contributed by atoms with Crippen molar-refractivity contribution in [1.29, 1.82) is 0 Å². The van der Waals surface area contributed by atoms with Gasteiger partial charge in [-0.2, -0.15) is 0 Å². The zero-order chi connectivity index (χ0) is 12.6. The molecule has 1 N–H and O–H groups in total. The van der Waals surface area contributed by atoms with Gasteiger partial charge in [0.1, 0.15) is 0 Å². The Bertz CT molecular complexity index is 214. The van der Waals surface area contributed by atoms with E-state index in [4.69, 9.17) is 0 Å². The average Bonchev–Trinajstić information content (AvgIpc) is 2.91. The smallest absolute Gasteiger partial charge is 0.0221 e. The lowest BCUT2D eigenvalue weighted by Crippen LogP contribution is -2.48. The van der Waals surface area contributed by atoms with Crippen LogP contribution in [-0.2, 0) is 0 Å². The first-order valence-electron chi connectivity index (χ1n) is 8.07. The third-order valence-corrected chi connectivity index (χ3v) is 4.46. The molecule has 2 saturated heterocycles. The van der Waals surface area contributed by atoms with E-state index in [0.29, 0.717) is 0 Å². The van der Waals surface area contributed by atoms with Crippen LogP contribution in [0.15, 0.2) is 0 Å². The molecular weight excluding hydrogens is 222 g/mol. The summed E-state index contributed by atoms with van der Waals surface area (Å²) in [5, 5.41) is 3.61. The highest BCUT2D eigenvalue weighted by Crippen LogP contribution is 2.17. The van der Waals surface area contributed by atoms with Crippen LogP contribution in [0.3, 0.4) is 0 Å². The van der Waals surface area contributed by atoms with Gasteiger partial charge in [-0.25, -0.2) is 0 Å². The molecule has 0 aromatic carbocycles. The van der Waals surface area contributed by atoms with Gasteiger partial charge in [-0.05, 0) is 58.3 Å². The monoisotopic (exact) mass is 253 g/mol. The third kappa shape index (κ3) is 4.52. The minimum atomic E-state index is 0.799. The molecular formula is C15H31N3. The minimum Gasteiger partial charge on any atom is -0.315 e. The quantitative estimate of drug-likeness (QED) is 0.700. The molecule has 2 heterocycles. The van der Waals surface area contributed by atoms with Gasteiger partial charge >= 0.3 is 0 Å². The van der Waals surface area contributed by atoms with E-state index in [2.05, 4.69) is 22.0 Å². The molecule has 2 aliphatic heterocycles. The molecule has 2 aliphatic rings. The van der Waals surface area contributed by atoms with Crippen molar-refractivity contribution >= 4 is 0 Å². The highest BCUT2D eigenvalue weighted by atomic mass is 15.2. The summed E-state index contributed by atoms with van der Waals surface area (Å²) >= 11 is 0. The van der Waals surface area contributed by atoms with Gasteiger partial charge in [-0.3, -0.25) is 4.90 Å². The maximum absolute atomic E-state index is 3.61. The fourth-order valence-electron chi connectivity index (χ4n) is 3.31. The summed E-state index contributed by atoms with van der Waals surface area (Å²) in [6, 6.07) is 0.799. The second-order valence-electron chi connectivity index (χ2n) is 5.94. The number of rotatable bonds is 7. The van der Waals surface area contributed by atoms with Crippen LogP contribution in [-0.4, -0.2) is 61.7 Å². The minimum absolute atomic E-state index is 0.799.